The van der Waals surface area contributed by atoms with Crippen LogP contribution in [0.4, 0.5) is 0 Å². The molecule has 0 spiro atoms. The summed E-state index contributed by atoms with van der Waals surface area (Å²) in [4.78, 5) is 0. The molecule has 0 saturated heterocycles. The summed E-state index contributed by atoms with van der Waals surface area (Å²) in [6, 6.07) is 0. The predicted octanol–water partition coefficient (Wildman–Crippen LogP) is 2.44. The van der Waals surface area contributed by atoms with E-state index in [0.29, 0.717) is 5.92 Å². The molecule has 0 rings (SSSR count). The highest BCUT2D eigenvalue weighted by Crippen LogP contribution is 2.08. The molecule has 58 valence electrons. The van der Waals surface area contributed by atoms with Gasteiger partial charge in [-0.15, -0.1) is 0 Å². The van der Waals surface area contributed by atoms with E-state index < -0.39 is 6.10 Å². The number of aliphatic hydroxyl groups excluding tert-OH is 1. The molecule has 0 aromatic rings. The molecule has 0 amide bonds. The highest BCUT2D eigenvalue weighted by molar-refractivity contribution is 14.2. The van der Waals surface area contributed by atoms with Gasteiger partial charge in [0.25, 0.3) is 0 Å². The van der Waals surface area contributed by atoms with Crippen LogP contribution in [-0.4, -0.2) is 11.2 Å². The van der Waals surface area contributed by atoms with E-state index in [9.17, 15) is 0 Å². The Balaban J connectivity index is 3.52. The summed E-state index contributed by atoms with van der Waals surface area (Å²) in [6.07, 6.45) is 0.326. The lowest BCUT2D eigenvalue weighted by molar-refractivity contribution is 0.204. The van der Waals surface area contributed by atoms with Crippen molar-refractivity contribution in [2.24, 2.45) is 5.92 Å². The van der Waals surface area contributed by atoms with E-state index in [-0.39, 0.29) is 0 Å². The first-order valence-corrected chi connectivity index (χ1v) is 6.49. The largest absolute Gasteiger partial charge is 0.380 e. The Hall–Kier alpha value is 0.600. The zero-order chi connectivity index (χ0) is 7.98. The van der Waals surface area contributed by atoms with Gasteiger partial charge in [0, 0.05) is 21.2 Å². The zero-order valence-electron chi connectivity index (χ0n) is 6.10. The maximum absolute atomic E-state index is 9.16. The third-order valence-electron chi connectivity index (χ3n) is 0.959. The summed E-state index contributed by atoms with van der Waals surface area (Å²) in [6.45, 7) is 4.14. The van der Waals surface area contributed by atoms with Crippen LogP contribution in [-0.2, 0) is 0 Å². The minimum absolute atomic E-state index is 0.442. The second-order valence-electron chi connectivity index (χ2n) is 2.47. The van der Waals surface area contributed by atoms with Crippen molar-refractivity contribution in [2.45, 2.75) is 26.4 Å². The van der Waals surface area contributed by atoms with Crippen molar-refractivity contribution in [3.05, 3.63) is 0 Å². The molecule has 0 aliphatic heterocycles. The van der Waals surface area contributed by atoms with Crippen molar-refractivity contribution in [3.8, 4) is 11.2 Å². The van der Waals surface area contributed by atoms with E-state index in [0.717, 1.165) is 6.42 Å². The van der Waals surface area contributed by atoms with Gasteiger partial charge in [0.1, 0.15) is 6.10 Å². The van der Waals surface area contributed by atoms with Crippen molar-refractivity contribution >= 4 is 30.1 Å². The summed E-state index contributed by atoms with van der Waals surface area (Å²) in [5.41, 5.74) is 0. The van der Waals surface area contributed by atoms with Gasteiger partial charge in [-0.3, -0.25) is 0 Å². The van der Waals surface area contributed by atoms with E-state index in [2.05, 4.69) is 46.2 Å². The third-order valence-corrected chi connectivity index (χ3v) is 1.81. The molecule has 1 N–H and O–H groups in total. The molecule has 1 nitrogen and oxygen atoms in total. The fourth-order valence-corrected chi connectivity index (χ4v) is 1.16. The minimum atomic E-state index is -0.442. The normalized spacial score (nSPS) is 12.5. The van der Waals surface area contributed by atoms with Crippen LogP contribution in [0.1, 0.15) is 20.3 Å². The molecule has 10 heavy (non-hydrogen) atoms. The molecule has 0 aromatic carbocycles. The van der Waals surface area contributed by atoms with Crippen LogP contribution >= 0.6 is 30.1 Å². The second kappa shape index (κ2) is 6.32. The highest BCUT2D eigenvalue weighted by atomic mass is 127. The number of aliphatic hydroxyl groups is 1. The molecule has 0 aromatic heterocycles. The molecule has 0 aliphatic rings. The fraction of sp³-hybridized carbons (Fsp3) is 0.714. The van der Waals surface area contributed by atoms with Crippen LogP contribution in [0.25, 0.3) is 0 Å². The van der Waals surface area contributed by atoms with E-state index >= 15 is 0 Å². The first kappa shape index (κ1) is 10.6. The Morgan fingerprint density at radius 1 is 1.60 bits per heavy atom. The maximum atomic E-state index is 9.16. The minimum Gasteiger partial charge on any atom is -0.380 e. The third kappa shape index (κ3) is 6.72. The quantitative estimate of drug-likeness (QED) is 0.614. The van der Waals surface area contributed by atoms with Crippen LogP contribution in [0.5, 0.6) is 0 Å². The molecule has 0 radical (unpaired) electrons. The molecular weight excluding hydrogens is 259 g/mol. The van der Waals surface area contributed by atoms with E-state index in [1.807, 2.05) is 0 Å². The fourth-order valence-electron chi connectivity index (χ4n) is 0.596. The van der Waals surface area contributed by atoms with Crippen molar-refractivity contribution in [1.82, 2.24) is 0 Å². The van der Waals surface area contributed by atoms with Crippen molar-refractivity contribution in [2.75, 3.05) is 0 Å². The number of halogens is 1. The summed E-state index contributed by atoms with van der Waals surface area (Å²) in [5.74, 6) is 3.24. The summed E-state index contributed by atoms with van der Waals surface area (Å²) < 4.78 is 0. The van der Waals surface area contributed by atoms with Crippen molar-refractivity contribution in [1.29, 1.82) is 0 Å². The Labute approximate surface area is 78.6 Å². The van der Waals surface area contributed by atoms with Gasteiger partial charge in [-0.2, -0.15) is 0 Å². The summed E-state index contributed by atoms with van der Waals surface area (Å²) >= 11 is 2.09. The molecule has 1 atom stereocenters. The number of rotatable bonds is 2. The van der Waals surface area contributed by atoms with Gasteiger partial charge in [-0.05, 0) is 26.5 Å². The lowest BCUT2D eigenvalue weighted by Crippen LogP contribution is -2.06. The van der Waals surface area contributed by atoms with E-state index in [4.69, 9.17) is 5.11 Å². The van der Waals surface area contributed by atoms with Crippen LogP contribution in [0.15, 0.2) is 0 Å². The van der Waals surface area contributed by atoms with Crippen molar-refractivity contribution < 1.29 is 5.11 Å². The van der Waals surface area contributed by atoms with Gasteiger partial charge in [0.2, 0.25) is 0 Å². The van der Waals surface area contributed by atoms with Gasteiger partial charge >= 0.3 is 0 Å². The lowest BCUT2D eigenvalue weighted by atomic mass is 10.1. The molecule has 0 bridgehead atoms. The van der Waals surface area contributed by atoms with E-state index in [1.165, 1.54) is 8.93 Å². The summed E-state index contributed by atoms with van der Waals surface area (Å²) in [5, 5.41) is 11.9. The van der Waals surface area contributed by atoms with Crippen molar-refractivity contribution in [3.63, 3.8) is 0 Å². The molecule has 0 fully saturated rings. The number of hydrogen-bond acceptors (Lipinski definition) is 2. The predicted molar refractivity (Wildman–Crippen MR) is 54.8 cm³/mol. The molecule has 0 heterocycles. The van der Waals surface area contributed by atoms with Gasteiger partial charge in [0.15, 0.2) is 0 Å². The molecule has 0 saturated carbocycles. The average Bonchev–Trinajstić information content (AvgIpc) is 1.82. The molecular formula is C7H11IOS. The monoisotopic (exact) mass is 270 g/mol. The van der Waals surface area contributed by atoms with Gasteiger partial charge in [0.05, 0.1) is 0 Å². The first-order chi connectivity index (χ1) is 4.66. The van der Waals surface area contributed by atoms with Gasteiger partial charge < -0.3 is 5.11 Å². The molecule has 1 unspecified atom stereocenters. The topological polar surface area (TPSA) is 20.2 Å². The standard InChI is InChI=1S/C7H11IOS/c1-6(2)5-7(9)3-4-10-8/h6-7,9H,5H2,1-2H3. The Morgan fingerprint density at radius 2 is 2.20 bits per heavy atom. The second-order valence-corrected chi connectivity index (χ2v) is 4.15. The van der Waals surface area contributed by atoms with Crippen LogP contribution in [0.2, 0.25) is 0 Å². The SMILES string of the molecule is CC(C)CC(O)C#CSI. The first-order valence-electron chi connectivity index (χ1n) is 3.13. The average molecular weight is 270 g/mol. The molecule has 3 heteroatoms. The maximum Gasteiger partial charge on any atom is 0.115 e. The summed E-state index contributed by atoms with van der Waals surface area (Å²) in [7, 11) is 1.41. The van der Waals surface area contributed by atoms with Crippen LogP contribution < -0.4 is 0 Å². The van der Waals surface area contributed by atoms with Crippen LogP contribution in [0, 0.1) is 17.1 Å². The number of hydrogen-bond donors (Lipinski definition) is 1. The lowest BCUT2D eigenvalue weighted by Gasteiger charge is -2.04. The molecule has 0 aliphatic carbocycles. The van der Waals surface area contributed by atoms with Gasteiger partial charge in [-0.1, -0.05) is 19.8 Å². The Bertz CT molecular complexity index is 136. The highest BCUT2D eigenvalue weighted by Gasteiger charge is 2.01. The van der Waals surface area contributed by atoms with Gasteiger partial charge in [-0.25, -0.2) is 0 Å². The Morgan fingerprint density at radius 3 is 2.60 bits per heavy atom. The van der Waals surface area contributed by atoms with E-state index in [1.54, 1.807) is 0 Å². The van der Waals surface area contributed by atoms with Crippen LogP contribution in [0.3, 0.4) is 0 Å². The smallest absolute Gasteiger partial charge is 0.115 e. The zero-order valence-corrected chi connectivity index (χ0v) is 9.07. The Kier molecular flexibility index (Phi) is 6.70.